The number of phenols is 1. The third-order valence-electron chi connectivity index (χ3n) is 3.33. The lowest BCUT2D eigenvalue weighted by Crippen LogP contribution is -2.06. The number of carbonyl (C=O) groups excluding carboxylic acids is 1. The summed E-state index contributed by atoms with van der Waals surface area (Å²) in [4.78, 5) is 13.8. The van der Waals surface area contributed by atoms with Crippen molar-refractivity contribution in [3.8, 4) is 11.5 Å². The van der Waals surface area contributed by atoms with E-state index in [1.165, 1.54) is 18.9 Å². The molecule has 116 valence electrons. The molecule has 2 aromatic rings. The molecule has 4 nitrogen and oxygen atoms in total. The molecule has 0 aliphatic rings. The molecule has 1 N–H and O–H groups in total. The van der Waals surface area contributed by atoms with E-state index in [-0.39, 0.29) is 11.3 Å². The van der Waals surface area contributed by atoms with Gasteiger partial charge < -0.3 is 14.6 Å². The lowest BCUT2D eigenvalue weighted by molar-refractivity contribution is 0.0596. The number of esters is 1. The number of aromatic hydroxyl groups is 1. The summed E-state index contributed by atoms with van der Waals surface area (Å²) in [5.74, 6) is 0.173. The van der Waals surface area contributed by atoms with E-state index in [0.717, 1.165) is 21.1 Å². The van der Waals surface area contributed by atoms with Crippen molar-refractivity contribution in [2.75, 3.05) is 14.2 Å². The first-order chi connectivity index (χ1) is 10.5. The van der Waals surface area contributed by atoms with Crippen molar-refractivity contribution < 1.29 is 19.4 Å². The third kappa shape index (κ3) is 3.20. The van der Waals surface area contributed by atoms with Crippen molar-refractivity contribution in [2.24, 2.45) is 0 Å². The van der Waals surface area contributed by atoms with Gasteiger partial charge in [-0.05, 0) is 49.2 Å². The monoisotopic (exact) mass is 318 g/mol. The lowest BCUT2D eigenvalue weighted by atomic mass is 10.0. The molecular weight excluding hydrogens is 300 g/mol. The number of hydrogen-bond acceptors (Lipinski definition) is 5. The molecule has 0 bridgehead atoms. The molecule has 0 saturated heterocycles. The summed E-state index contributed by atoms with van der Waals surface area (Å²) in [6.07, 6.45) is 0. The van der Waals surface area contributed by atoms with Crippen LogP contribution in [0.3, 0.4) is 0 Å². The summed E-state index contributed by atoms with van der Waals surface area (Å²) in [6, 6.07) is 9.26. The van der Waals surface area contributed by atoms with Gasteiger partial charge in [-0.25, -0.2) is 4.79 Å². The zero-order valence-electron chi connectivity index (χ0n) is 13.0. The van der Waals surface area contributed by atoms with E-state index in [1.807, 2.05) is 38.1 Å². The quantitative estimate of drug-likeness (QED) is 0.865. The van der Waals surface area contributed by atoms with Crippen LogP contribution in [-0.4, -0.2) is 25.3 Å². The molecule has 0 amide bonds. The minimum Gasteiger partial charge on any atom is -0.507 e. The third-order valence-corrected chi connectivity index (χ3v) is 4.66. The Morgan fingerprint density at radius 2 is 1.91 bits per heavy atom. The summed E-state index contributed by atoms with van der Waals surface area (Å²) in [5.41, 5.74) is 1.81. The molecular formula is C17H18O4S. The number of benzene rings is 2. The highest BCUT2D eigenvalue weighted by molar-refractivity contribution is 7.99. The summed E-state index contributed by atoms with van der Waals surface area (Å²) < 4.78 is 9.98. The average molecular weight is 318 g/mol. The molecule has 0 aromatic heterocycles. The van der Waals surface area contributed by atoms with Crippen LogP contribution in [0.15, 0.2) is 40.1 Å². The molecule has 0 aliphatic heterocycles. The molecule has 0 saturated carbocycles. The van der Waals surface area contributed by atoms with Crippen LogP contribution in [0.5, 0.6) is 11.5 Å². The maximum Gasteiger partial charge on any atom is 0.341 e. The summed E-state index contributed by atoms with van der Waals surface area (Å²) in [6.45, 7) is 3.71. The van der Waals surface area contributed by atoms with Gasteiger partial charge in [0.05, 0.1) is 14.2 Å². The molecule has 0 unspecified atom stereocenters. The van der Waals surface area contributed by atoms with Crippen LogP contribution in [0.25, 0.3) is 0 Å². The van der Waals surface area contributed by atoms with Crippen LogP contribution in [0.4, 0.5) is 0 Å². The summed E-state index contributed by atoms with van der Waals surface area (Å²) in [7, 11) is 2.92. The van der Waals surface area contributed by atoms with Gasteiger partial charge in [0.25, 0.3) is 0 Å². The summed E-state index contributed by atoms with van der Waals surface area (Å²) in [5, 5.41) is 10.0. The first-order valence-corrected chi connectivity index (χ1v) is 7.53. The van der Waals surface area contributed by atoms with Gasteiger partial charge in [0.2, 0.25) is 0 Å². The highest BCUT2D eigenvalue weighted by Crippen LogP contribution is 2.38. The average Bonchev–Trinajstić information content (AvgIpc) is 2.51. The van der Waals surface area contributed by atoms with E-state index in [0.29, 0.717) is 5.56 Å². The topological polar surface area (TPSA) is 55.8 Å². The maximum atomic E-state index is 11.9. The van der Waals surface area contributed by atoms with Crippen LogP contribution < -0.4 is 4.74 Å². The number of hydrogen-bond donors (Lipinski definition) is 1. The molecule has 2 aromatic carbocycles. The normalized spacial score (nSPS) is 10.4. The number of phenolic OH excluding ortho intramolecular Hbond substituents is 1. The maximum absolute atomic E-state index is 11.9. The molecule has 22 heavy (non-hydrogen) atoms. The Labute approximate surface area is 134 Å². The van der Waals surface area contributed by atoms with Crippen molar-refractivity contribution in [3.63, 3.8) is 0 Å². The van der Waals surface area contributed by atoms with Gasteiger partial charge in [0, 0.05) is 9.79 Å². The second-order valence-electron chi connectivity index (χ2n) is 4.81. The number of rotatable bonds is 4. The first-order valence-electron chi connectivity index (χ1n) is 6.71. The van der Waals surface area contributed by atoms with E-state index in [4.69, 9.17) is 9.47 Å². The van der Waals surface area contributed by atoms with E-state index < -0.39 is 5.97 Å². The fraction of sp³-hybridized carbons (Fsp3) is 0.235. The van der Waals surface area contributed by atoms with Gasteiger partial charge >= 0.3 is 5.97 Å². The van der Waals surface area contributed by atoms with Gasteiger partial charge in [0.15, 0.2) is 0 Å². The van der Waals surface area contributed by atoms with Crippen LogP contribution in [-0.2, 0) is 4.74 Å². The zero-order chi connectivity index (χ0) is 16.3. The SMILES string of the molecule is COC(=O)c1c(O)cc(C)c(Sc2cccc(OC)c2)c1C. The molecule has 0 atom stereocenters. The van der Waals surface area contributed by atoms with Crippen molar-refractivity contribution in [2.45, 2.75) is 23.6 Å². The van der Waals surface area contributed by atoms with Crippen LogP contribution in [0, 0.1) is 13.8 Å². The lowest BCUT2D eigenvalue weighted by Gasteiger charge is -2.15. The Morgan fingerprint density at radius 3 is 2.55 bits per heavy atom. The van der Waals surface area contributed by atoms with Crippen molar-refractivity contribution >= 4 is 17.7 Å². The number of methoxy groups -OCH3 is 2. The minimum absolute atomic E-state index is 0.0585. The van der Waals surface area contributed by atoms with E-state index in [2.05, 4.69) is 0 Å². The molecule has 0 radical (unpaired) electrons. The number of aryl methyl sites for hydroxylation is 1. The largest absolute Gasteiger partial charge is 0.507 e. The second-order valence-corrected chi connectivity index (χ2v) is 5.90. The van der Waals surface area contributed by atoms with Crippen molar-refractivity contribution in [3.05, 3.63) is 47.0 Å². The van der Waals surface area contributed by atoms with E-state index >= 15 is 0 Å². The molecule has 0 aliphatic carbocycles. The van der Waals surface area contributed by atoms with Crippen molar-refractivity contribution in [1.82, 2.24) is 0 Å². The van der Waals surface area contributed by atoms with Gasteiger partial charge in [-0.2, -0.15) is 0 Å². The van der Waals surface area contributed by atoms with Crippen LogP contribution in [0.2, 0.25) is 0 Å². The predicted molar refractivity (Wildman–Crippen MR) is 86.0 cm³/mol. The Balaban J connectivity index is 2.48. The Kier molecular flexibility index (Phi) is 4.98. The second kappa shape index (κ2) is 6.75. The fourth-order valence-electron chi connectivity index (χ4n) is 2.24. The van der Waals surface area contributed by atoms with E-state index in [9.17, 15) is 9.90 Å². The Morgan fingerprint density at radius 1 is 1.18 bits per heavy atom. The smallest absolute Gasteiger partial charge is 0.341 e. The van der Waals surface area contributed by atoms with Crippen LogP contribution in [0.1, 0.15) is 21.5 Å². The van der Waals surface area contributed by atoms with Gasteiger partial charge in [0.1, 0.15) is 17.1 Å². The van der Waals surface area contributed by atoms with Crippen molar-refractivity contribution in [1.29, 1.82) is 0 Å². The molecule has 2 rings (SSSR count). The predicted octanol–water partition coefficient (Wildman–Crippen LogP) is 3.96. The van der Waals surface area contributed by atoms with Gasteiger partial charge in [-0.15, -0.1) is 0 Å². The first kappa shape index (κ1) is 16.2. The number of ether oxygens (including phenoxy) is 2. The zero-order valence-corrected chi connectivity index (χ0v) is 13.8. The molecule has 5 heteroatoms. The number of carbonyl (C=O) groups is 1. The highest BCUT2D eigenvalue weighted by Gasteiger charge is 2.20. The fourth-order valence-corrected chi connectivity index (χ4v) is 3.28. The van der Waals surface area contributed by atoms with Gasteiger partial charge in [-0.3, -0.25) is 0 Å². The molecule has 0 fully saturated rings. The standard InChI is InChI=1S/C17H18O4S/c1-10-8-14(18)15(17(19)21-4)11(2)16(10)22-13-7-5-6-12(9-13)20-3/h5-9,18H,1-4H3. The summed E-state index contributed by atoms with van der Waals surface area (Å²) >= 11 is 1.52. The molecule has 0 heterocycles. The minimum atomic E-state index is -0.539. The van der Waals surface area contributed by atoms with E-state index in [1.54, 1.807) is 13.2 Å². The molecule has 0 spiro atoms. The highest BCUT2D eigenvalue weighted by atomic mass is 32.2. The van der Waals surface area contributed by atoms with Gasteiger partial charge in [-0.1, -0.05) is 17.8 Å². The Bertz CT molecular complexity index is 710. The van der Waals surface area contributed by atoms with Crippen LogP contribution >= 0.6 is 11.8 Å². The Hall–Kier alpha value is -2.14.